The molecule has 0 aliphatic heterocycles. The molecule has 0 aromatic rings. The van der Waals surface area contributed by atoms with E-state index >= 15 is 0 Å². The Hall–Kier alpha value is -0.0700. The first-order valence-electron chi connectivity index (χ1n) is 13.9. The summed E-state index contributed by atoms with van der Waals surface area (Å²) in [6, 6.07) is 0. The maximum atomic E-state index is 12.1. The third-order valence-electron chi connectivity index (χ3n) is 6.73. The van der Waals surface area contributed by atoms with Crippen LogP contribution in [0.1, 0.15) is 124 Å². The predicted octanol–water partition coefficient (Wildman–Crippen LogP) is 8.91. The Morgan fingerprint density at radius 3 is 2.18 bits per heavy atom. The van der Waals surface area contributed by atoms with Gasteiger partial charge in [0.25, 0.3) is 0 Å². The predicted molar refractivity (Wildman–Crippen MR) is 142 cm³/mol. The molecule has 34 heavy (non-hydrogen) atoms. The molecule has 0 aromatic heterocycles. The number of rotatable bonds is 21. The van der Waals surface area contributed by atoms with Crippen molar-refractivity contribution in [2.45, 2.75) is 130 Å². The fourth-order valence-corrected chi connectivity index (χ4v) is 6.65. The molecule has 1 aliphatic rings. The van der Waals surface area contributed by atoms with E-state index in [0.29, 0.717) is 18.1 Å². The summed E-state index contributed by atoms with van der Waals surface area (Å²) in [4.78, 5) is 21.9. The zero-order valence-electron chi connectivity index (χ0n) is 22.0. The van der Waals surface area contributed by atoms with Crippen LogP contribution >= 0.6 is 19.6 Å². The lowest BCUT2D eigenvalue weighted by Gasteiger charge is -2.35. The first-order valence-corrected chi connectivity index (χ1v) is 16.4. The quantitative estimate of drug-likeness (QED) is 0.0915. The Labute approximate surface area is 213 Å². The van der Waals surface area contributed by atoms with E-state index in [1.807, 2.05) is 6.92 Å². The van der Waals surface area contributed by atoms with Crippen molar-refractivity contribution in [3.05, 3.63) is 0 Å². The lowest BCUT2D eigenvalue weighted by Crippen LogP contribution is -2.34. The van der Waals surface area contributed by atoms with Crippen LogP contribution in [0.25, 0.3) is 0 Å². The highest BCUT2D eigenvalue weighted by atomic mass is 32.2. The van der Waals surface area contributed by atoms with Gasteiger partial charge in [0.2, 0.25) is 0 Å². The monoisotopic (exact) mass is 522 g/mol. The van der Waals surface area contributed by atoms with Crippen LogP contribution in [0, 0.1) is 11.8 Å². The second-order valence-electron chi connectivity index (χ2n) is 9.72. The maximum absolute atomic E-state index is 12.1. The minimum Gasteiger partial charge on any atom is -0.382 e. The Kier molecular flexibility index (Phi) is 18.8. The normalized spacial score (nSPS) is 18.4. The molecule has 8 heteroatoms. The first kappa shape index (κ1) is 32.0. The number of hydrogen-bond donors (Lipinski definition) is 1. The highest BCUT2D eigenvalue weighted by Gasteiger charge is 2.35. The van der Waals surface area contributed by atoms with Crippen molar-refractivity contribution in [3.63, 3.8) is 0 Å². The van der Waals surface area contributed by atoms with Gasteiger partial charge in [-0.15, -0.1) is 0 Å². The van der Waals surface area contributed by atoms with E-state index in [4.69, 9.17) is 13.4 Å². The zero-order valence-corrected chi connectivity index (χ0v) is 23.7. The van der Waals surface area contributed by atoms with Gasteiger partial charge in [0, 0.05) is 18.3 Å². The van der Waals surface area contributed by atoms with Gasteiger partial charge in [0.15, 0.2) is 0 Å². The van der Waals surface area contributed by atoms with Crippen molar-refractivity contribution in [2.24, 2.45) is 11.8 Å². The Morgan fingerprint density at radius 1 is 0.912 bits per heavy atom. The van der Waals surface area contributed by atoms with Crippen molar-refractivity contribution < 1.29 is 27.7 Å². The molecule has 0 radical (unpaired) electrons. The topological polar surface area (TPSA) is 82.1 Å². The van der Waals surface area contributed by atoms with Crippen LogP contribution in [-0.4, -0.2) is 35.7 Å². The molecule has 0 heterocycles. The summed E-state index contributed by atoms with van der Waals surface area (Å²) in [5.41, 5.74) is -1.17. The molecule has 1 N–H and O–H groups in total. The second-order valence-corrected chi connectivity index (χ2v) is 12.1. The van der Waals surface area contributed by atoms with E-state index in [-0.39, 0.29) is 18.6 Å². The fourth-order valence-electron chi connectivity index (χ4n) is 4.76. The van der Waals surface area contributed by atoms with Crippen LogP contribution in [-0.2, 0) is 18.0 Å². The van der Waals surface area contributed by atoms with E-state index in [2.05, 4.69) is 13.8 Å². The van der Waals surface area contributed by atoms with E-state index in [9.17, 15) is 14.3 Å². The van der Waals surface area contributed by atoms with Gasteiger partial charge in [-0.2, -0.15) is 0 Å². The van der Waals surface area contributed by atoms with E-state index in [1.165, 1.54) is 77.0 Å². The van der Waals surface area contributed by atoms with Gasteiger partial charge in [-0.25, -0.2) is 9.36 Å². The number of unbranched alkanes of at least 4 members (excludes halogenated alkanes) is 7. The third kappa shape index (κ3) is 13.9. The molecule has 1 rings (SSSR count). The van der Waals surface area contributed by atoms with Gasteiger partial charge in [0.1, 0.15) is 0 Å². The molecule has 0 amide bonds. The van der Waals surface area contributed by atoms with Gasteiger partial charge in [-0.1, -0.05) is 104 Å². The summed E-state index contributed by atoms with van der Waals surface area (Å²) in [5.74, 6) is 1.42. The van der Waals surface area contributed by atoms with Crippen molar-refractivity contribution in [3.8, 4) is 0 Å². The molecular formula is C26H51O6PS. The summed E-state index contributed by atoms with van der Waals surface area (Å²) >= 11 is 0.993. The zero-order chi connectivity index (χ0) is 25.1. The van der Waals surface area contributed by atoms with Crippen molar-refractivity contribution in [1.82, 2.24) is 0 Å². The van der Waals surface area contributed by atoms with Crippen LogP contribution < -0.4 is 0 Å². The molecule has 3 atom stereocenters. The Bertz CT molecular complexity index is 555. The molecule has 3 unspecified atom stereocenters. The van der Waals surface area contributed by atoms with Crippen molar-refractivity contribution in [1.29, 1.82) is 0 Å². The molecule has 1 fully saturated rings. The standard InChI is InChI=1S/C26H51O6PS/c1-4-7-8-9-10-11-12-16-21-30-25(17-5-2)24(23-18-14-13-15-19-23)22-34-32-26(27)33(28,29)31-20-6-3/h23-25H,4-22H2,1-3H3,(H,28,29). The number of hydrogen-bond acceptors (Lipinski definition) is 6. The van der Waals surface area contributed by atoms with Crippen LogP contribution in [0.3, 0.4) is 0 Å². The minimum absolute atomic E-state index is 0.0589. The SMILES string of the molecule is CCCCCCCCCCOC(CCC)C(CSOC(=O)P(=O)(O)OCCC)C1CCCCC1. The number of carbonyl (C=O) groups is 1. The first-order chi connectivity index (χ1) is 16.5. The number of carbonyl (C=O) groups excluding carboxylic acids is 1. The smallest absolute Gasteiger partial charge is 0.382 e. The van der Waals surface area contributed by atoms with E-state index in [0.717, 1.165) is 37.9 Å². The molecule has 0 bridgehead atoms. The van der Waals surface area contributed by atoms with Gasteiger partial charge in [0.05, 0.1) is 24.8 Å². The Balaban J connectivity index is 2.54. The summed E-state index contributed by atoms with van der Waals surface area (Å²) in [7, 11) is -4.38. The average molecular weight is 523 g/mol. The molecule has 6 nitrogen and oxygen atoms in total. The highest BCUT2D eigenvalue weighted by Crippen LogP contribution is 2.46. The van der Waals surface area contributed by atoms with Crippen LogP contribution in [0.15, 0.2) is 0 Å². The Morgan fingerprint density at radius 2 is 1.56 bits per heavy atom. The summed E-state index contributed by atoms with van der Waals surface area (Å²) in [6.07, 6.45) is 19.1. The molecule has 0 saturated heterocycles. The average Bonchev–Trinajstić information content (AvgIpc) is 2.84. The molecule has 1 aliphatic carbocycles. The van der Waals surface area contributed by atoms with Crippen LogP contribution in [0.4, 0.5) is 4.79 Å². The van der Waals surface area contributed by atoms with Crippen molar-refractivity contribution >= 4 is 25.3 Å². The van der Waals surface area contributed by atoms with E-state index < -0.39 is 13.3 Å². The van der Waals surface area contributed by atoms with Gasteiger partial charge in [-0.05, 0) is 25.2 Å². The van der Waals surface area contributed by atoms with Gasteiger partial charge < -0.3 is 18.3 Å². The second kappa shape index (κ2) is 20.0. The molecular weight excluding hydrogens is 471 g/mol. The number of ether oxygens (including phenoxy) is 1. The minimum atomic E-state index is -4.38. The van der Waals surface area contributed by atoms with Crippen LogP contribution in [0.2, 0.25) is 0 Å². The summed E-state index contributed by atoms with van der Waals surface area (Å²) < 4.78 is 28.4. The van der Waals surface area contributed by atoms with Crippen molar-refractivity contribution in [2.75, 3.05) is 19.0 Å². The van der Waals surface area contributed by atoms with Gasteiger partial charge >= 0.3 is 13.3 Å². The highest BCUT2D eigenvalue weighted by molar-refractivity contribution is 7.95. The van der Waals surface area contributed by atoms with Gasteiger partial charge in [-0.3, -0.25) is 0 Å². The summed E-state index contributed by atoms with van der Waals surface area (Å²) in [6.45, 7) is 7.09. The lowest BCUT2D eigenvalue weighted by atomic mass is 9.77. The maximum Gasteiger partial charge on any atom is 0.437 e. The third-order valence-corrected chi connectivity index (χ3v) is 8.73. The molecule has 202 valence electrons. The van der Waals surface area contributed by atoms with Crippen LogP contribution in [0.5, 0.6) is 0 Å². The summed E-state index contributed by atoms with van der Waals surface area (Å²) in [5, 5.41) is 0. The molecule has 0 aromatic carbocycles. The van der Waals surface area contributed by atoms with E-state index in [1.54, 1.807) is 0 Å². The molecule has 1 saturated carbocycles. The molecule has 0 spiro atoms. The lowest BCUT2D eigenvalue weighted by molar-refractivity contribution is -0.0127. The largest absolute Gasteiger partial charge is 0.437 e. The fraction of sp³-hybridized carbons (Fsp3) is 0.962.